The lowest BCUT2D eigenvalue weighted by Crippen LogP contribution is -2.16. The number of anilines is 1. The van der Waals surface area contributed by atoms with Crippen molar-refractivity contribution in [3.63, 3.8) is 0 Å². The highest BCUT2D eigenvalue weighted by atomic mass is 35.5. The molecule has 0 fully saturated rings. The number of ether oxygens (including phenoxy) is 1. The number of carbonyl (C=O) groups is 1. The zero-order chi connectivity index (χ0) is 16.8. The fraction of sp³-hybridized carbons (Fsp3) is 0.267. The van der Waals surface area contributed by atoms with E-state index in [2.05, 4.69) is 15.3 Å². The Labute approximate surface area is 136 Å². The van der Waals surface area contributed by atoms with Crippen molar-refractivity contribution in [3.05, 3.63) is 41.3 Å². The highest BCUT2D eigenvalue weighted by Gasteiger charge is 2.18. The Morgan fingerprint density at radius 2 is 2.17 bits per heavy atom. The van der Waals surface area contributed by atoms with E-state index in [1.165, 1.54) is 12.3 Å². The molecular weight excluding hydrogens is 328 g/mol. The number of pyridine rings is 2. The van der Waals surface area contributed by atoms with Gasteiger partial charge in [-0.25, -0.2) is 18.6 Å². The highest BCUT2D eigenvalue weighted by Crippen LogP contribution is 2.33. The van der Waals surface area contributed by atoms with Crippen LogP contribution < -0.4 is 5.32 Å². The molecule has 0 aliphatic carbocycles. The first-order valence-electron chi connectivity index (χ1n) is 6.92. The molecule has 122 valence electrons. The third-order valence-corrected chi connectivity index (χ3v) is 3.21. The molecule has 8 heteroatoms. The molecule has 2 aromatic heterocycles. The molecule has 1 amide bonds. The molecular formula is C15H14ClF2N3O2. The van der Waals surface area contributed by atoms with Crippen molar-refractivity contribution in [2.45, 2.75) is 19.8 Å². The molecule has 5 nitrogen and oxygen atoms in total. The predicted molar refractivity (Wildman–Crippen MR) is 82.3 cm³/mol. The van der Waals surface area contributed by atoms with Gasteiger partial charge in [-0.05, 0) is 12.5 Å². The minimum Gasteiger partial charge on any atom is -0.449 e. The number of nitrogens with one attached hydrogen (secondary N) is 1. The molecule has 0 aliphatic heterocycles. The summed E-state index contributed by atoms with van der Waals surface area (Å²) in [6.45, 7) is 2.21. The normalized spacial score (nSPS) is 10.4. The standard InChI is InChI=1S/C15H14ClF2N3O2/c1-2-3-6-23-15(22)21-13-10(4-5-19-14(13)16)12-11(18)7-9(17)8-20-12/h4-5,7-8H,2-3,6H2,1H3,(H,21,22). The average molecular weight is 342 g/mol. The molecule has 1 N–H and O–H groups in total. The van der Waals surface area contributed by atoms with Crippen LogP contribution in [0.15, 0.2) is 24.5 Å². The summed E-state index contributed by atoms with van der Waals surface area (Å²) in [4.78, 5) is 19.3. The third kappa shape index (κ3) is 4.35. The number of amides is 1. The van der Waals surface area contributed by atoms with Gasteiger partial charge in [0.1, 0.15) is 11.5 Å². The quantitative estimate of drug-likeness (QED) is 0.645. The fourth-order valence-electron chi connectivity index (χ4n) is 1.81. The van der Waals surface area contributed by atoms with Crippen LogP contribution >= 0.6 is 11.6 Å². The summed E-state index contributed by atoms with van der Waals surface area (Å²) in [7, 11) is 0. The summed E-state index contributed by atoms with van der Waals surface area (Å²) in [5.41, 5.74) is 0.0724. The number of hydrogen-bond acceptors (Lipinski definition) is 4. The Hall–Kier alpha value is -2.28. The molecule has 0 spiro atoms. The first-order valence-corrected chi connectivity index (χ1v) is 7.30. The molecule has 2 aromatic rings. The first-order chi connectivity index (χ1) is 11.0. The van der Waals surface area contributed by atoms with Crippen LogP contribution in [0.2, 0.25) is 5.15 Å². The van der Waals surface area contributed by atoms with Gasteiger partial charge in [-0.2, -0.15) is 0 Å². The van der Waals surface area contributed by atoms with Gasteiger partial charge >= 0.3 is 6.09 Å². The first kappa shape index (κ1) is 17.1. The van der Waals surface area contributed by atoms with E-state index in [0.717, 1.165) is 19.0 Å². The number of unbranched alkanes of at least 4 members (excludes halogenated alkanes) is 1. The van der Waals surface area contributed by atoms with E-state index in [1.807, 2.05) is 6.92 Å². The third-order valence-electron chi connectivity index (χ3n) is 2.93. The zero-order valence-electron chi connectivity index (χ0n) is 12.3. The van der Waals surface area contributed by atoms with E-state index < -0.39 is 17.7 Å². The number of hydrogen-bond donors (Lipinski definition) is 1. The zero-order valence-corrected chi connectivity index (χ0v) is 13.0. The molecule has 0 atom stereocenters. The van der Waals surface area contributed by atoms with Crippen molar-refractivity contribution in [3.8, 4) is 11.3 Å². The predicted octanol–water partition coefficient (Wildman–Crippen LogP) is 4.42. The van der Waals surface area contributed by atoms with Gasteiger partial charge in [-0.1, -0.05) is 24.9 Å². The van der Waals surface area contributed by atoms with Gasteiger partial charge in [0, 0.05) is 17.8 Å². The van der Waals surface area contributed by atoms with E-state index in [0.29, 0.717) is 6.07 Å². The Bertz CT molecular complexity index is 713. The maximum Gasteiger partial charge on any atom is 0.411 e. The van der Waals surface area contributed by atoms with Crippen molar-refractivity contribution >= 4 is 23.4 Å². The number of halogens is 3. The summed E-state index contributed by atoms with van der Waals surface area (Å²) in [6, 6.07) is 2.11. The summed E-state index contributed by atoms with van der Waals surface area (Å²) in [6.07, 6.45) is 3.05. The molecule has 0 saturated heterocycles. The summed E-state index contributed by atoms with van der Waals surface area (Å²) < 4.78 is 31.9. The lowest BCUT2D eigenvalue weighted by atomic mass is 10.1. The van der Waals surface area contributed by atoms with Gasteiger partial charge in [-0.15, -0.1) is 0 Å². The van der Waals surface area contributed by atoms with Gasteiger partial charge < -0.3 is 4.74 Å². The van der Waals surface area contributed by atoms with Crippen molar-refractivity contribution in [2.75, 3.05) is 11.9 Å². The summed E-state index contributed by atoms with van der Waals surface area (Å²) in [5.74, 6) is -1.69. The second kappa shape index (κ2) is 7.82. The average Bonchev–Trinajstić information content (AvgIpc) is 2.50. The largest absolute Gasteiger partial charge is 0.449 e. The van der Waals surface area contributed by atoms with Gasteiger partial charge in [0.05, 0.1) is 18.5 Å². The van der Waals surface area contributed by atoms with Crippen LogP contribution in [-0.4, -0.2) is 22.7 Å². The highest BCUT2D eigenvalue weighted by molar-refractivity contribution is 6.33. The topological polar surface area (TPSA) is 64.1 Å². The van der Waals surface area contributed by atoms with Crippen LogP contribution in [0.5, 0.6) is 0 Å². The minimum atomic E-state index is -0.880. The van der Waals surface area contributed by atoms with Crippen molar-refractivity contribution in [2.24, 2.45) is 0 Å². The van der Waals surface area contributed by atoms with E-state index in [1.54, 1.807) is 0 Å². The number of rotatable bonds is 5. The van der Waals surface area contributed by atoms with Crippen LogP contribution in [0.3, 0.4) is 0 Å². The fourth-order valence-corrected chi connectivity index (χ4v) is 2.02. The van der Waals surface area contributed by atoms with Gasteiger partial charge in [0.25, 0.3) is 0 Å². The number of carbonyl (C=O) groups excluding carboxylic acids is 1. The molecule has 0 radical (unpaired) electrons. The molecule has 0 aliphatic rings. The van der Waals surface area contributed by atoms with Crippen LogP contribution in [0, 0.1) is 11.6 Å². The van der Waals surface area contributed by atoms with Crippen LogP contribution in [0.4, 0.5) is 19.3 Å². The maximum absolute atomic E-state index is 13.9. The van der Waals surface area contributed by atoms with Gasteiger partial charge in [0.15, 0.2) is 11.0 Å². The Morgan fingerprint density at radius 3 is 2.87 bits per heavy atom. The van der Waals surface area contributed by atoms with Crippen molar-refractivity contribution in [1.82, 2.24) is 9.97 Å². The van der Waals surface area contributed by atoms with E-state index in [9.17, 15) is 13.6 Å². The number of nitrogens with zero attached hydrogens (tertiary/aromatic N) is 2. The Morgan fingerprint density at radius 1 is 1.39 bits per heavy atom. The summed E-state index contributed by atoms with van der Waals surface area (Å²) >= 11 is 5.96. The monoisotopic (exact) mass is 341 g/mol. The lowest BCUT2D eigenvalue weighted by Gasteiger charge is -2.12. The van der Waals surface area contributed by atoms with E-state index in [-0.39, 0.29) is 28.7 Å². The summed E-state index contributed by atoms with van der Waals surface area (Å²) in [5, 5.41) is 2.37. The SMILES string of the molecule is CCCCOC(=O)Nc1c(-c2ncc(F)cc2F)ccnc1Cl. The second-order valence-electron chi connectivity index (χ2n) is 4.62. The molecule has 0 bridgehead atoms. The van der Waals surface area contributed by atoms with Crippen LogP contribution in [0.25, 0.3) is 11.3 Å². The van der Waals surface area contributed by atoms with Crippen molar-refractivity contribution < 1.29 is 18.3 Å². The van der Waals surface area contributed by atoms with E-state index in [4.69, 9.17) is 16.3 Å². The second-order valence-corrected chi connectivity index (χ2v) is 4.98. The molecule has 0 aromatic carbocycles. The Kier molecular flexibility index (Phi) is 5.81. The molecule has 23 heavy (non-hydrogen) atoms. The lowest BCUT2D eigenvalue weighted by molar-refractivity contribution is 0.160. The van der Waals surface area contributed by atoms with Crippen LogP contribution in [-0.2, 0) is 4.74 Å². The number of aromatic nitrogens is 2. The molecule has 2 heterocycles. The van der Waals surface area contributed by atoms with Gasteiger partial charge in [-0.3, -0.25) is 10.3 Å². The smallest absolute Gasteiger partial charge is 0.411 e. The van der Waals surface area contributed by atoms with E-state index >= 15 is 0 Å². The molecule has 0 unspecified atom stereocenters. The molecule has 2 rings (SSSR count). The van der Waals surface area contributed by atoms with Crippen LogP contribution in [0.1, 0.15) is 19.8 Å². The van der Waals surface area contributed by atoms with Crippen molar-refractivity contribution in [1.29, 1.82) is 0 Å². The Balaban J connectivity index is 2.31. The minimum absolute atomic E-state index is 0.0497. The molecule has 0 saturated carbocycles. The maximum atomic E-state index is 13.9. The van der Waals surface area contributed by atoms with Gasteiger partial charge in [0.2, 0.25) is 0 Å².